The number of aliphatic hydroxyl groups excluding tert-OH is 1. The van der Waals surface area contributed by atoms with Crippen molar-refractivity contribution in [3.63, 3.8) is 0 Å². The molecule has 0 unspecified atom stereocenters. The topological polar surface area (TPSA) is 87.1 Å². The number of aliphatic carboxylic acids is 1. The highest BCUT2D eigenvalue weighted by Crippen LogP contribution is 2.52. The summed E-state index contributed by atoms with van der Waals surface area (Å²) in [6.45, 7) is 2.19. The number of thioether (sulfide) groups is 1. The van der Waals surface area contributed by atoms with Gasteiger partial charge in [-0.1, -0.05) is 11.8 Å². The molecule has 3 aliphatic heterocycles. The second-order valence-corrected chi connectivity index (χ2v) is 6.16. The lowest BCUT2D eigenvalue weighted by Crippen LogP contribution is -2.60. The maximum Gasteiger partial charge on any atom is 0.353 e. The fourth-order valence-electron chi connectivity index (χ4n) is 2.82. The number of β-lactam (4-membered cyclic amide) rings is 1. The van der Waals surface area contributed by atoms with Crippen LogP contribution in [0.15, 0.2) is 10.6 Å². The fraction of sp³-hybridized carbons (Fsp3) is 0.667. The lowest BCUT2D eigenvalue weighted by atomic mass is 9.92. The van der Waals surface area contributed by atoms with Crippen molar-refractivity contribution < 1.29 is 24.5 Å². The molecule has 0 aromatic heterocycles. The number of hydrogen-bond acceptors (Lipinski definition) is 5. The summed E-state index contributed by atoms with van der Waals surface area (Å²) < 4.78 is 5.53. The molecule has 3 heterocycles. The predicted molar refractivity (Wildman–Crippen MR) is 67.0 cm³/mol. The first kappa shape index (κ1) is 13.0. The third kappa shape index (κ3) is 1.79. The number of carboxylic acids is 1. The predicted octanol–water partition coefficient (Wildman–Crippen LogP) is 0.374. The van der Waals surface area contributed by atoms with Gasteiger partial charge >= 0.3 is 5.97 Å². The molecule has 0 radical (unpaired) electrons. The number of carbonyl (C=O) groups is 2. The molecule has 0 aliphatic carbocycles. The molecule has 2 N–H and O–H groups in total. The molecule has 1 amide bonds. The zero-order chi connectivity index (χ0) is 13.7. The number of amides is 1. The van der Waals surface area contributed by atoms with Crippen molar-refractivity contribution >= 4 is 23.6 Å². The zero-order valence-electron chi connectivity index (χ0n) is 10.4. The van der Waals surface area contributed by atoms with Crippen LogP contribution in [0.5, 0.6) is 0 Å². The molecule has 6 nitrogen and oxygen atoms in total. The Balaban J connectivity index is 1.91. The minimum absolute atomic E-state index is 0.0452. The maximum absolute atomic E-state index is 12.0. The molecule has 104 valence electrons. The second kappa shape index (κ2) is 4.50. The standard InChI is InChI=1S/C12H15NO5S/c1-5(14)7-10(15)13-8(12(16)17)9(19-11(7)13)6-3-2-4-18-6/h5-7,11,14H,2-4H2,1H3,(H,16,17)/t5-,6+,7-,11+/m0/s1. The van der Waals surface area contributed by atoms with Crippen LogP contribution in [0.4, 0.5) is 0 Å². The van der Waals surface area contributed by atoms with Crippen LogP contribution in [0.1, 0.15) is 19.8 Å². The van der Waals surface area contributed by atoms with E-state index in [1.54, 1.807) is 6.92 Å². The van der Waals surface area contributed by atoms with Crippen molar-refractivity contribution in [1.29, 1.82) is 0 Å². The highest BCUT2D eigenvalue weighted by molar-refractivity contribution is 8.04. The van der Waals surface area contributed by atoms with E-state index in [1.807, 2.05) is 0 Å². The van der Waals surface area contributed by atoms with Gasteiger partial charge in [0.1, 0.15) is 11.1 Å². The molecule has 0 saturated carbocycles. The van der Waals surface area contributed by atoms with Crippen molar-refractivity contribution in [3.05, 3.63) is 10.6 Å². The summed E-state index contributed by atoms with van der Waals surface area (Å²) in [5.74, 6) is -1.92. The zero-order valence-corrected chi connectivity index (χ0v) is 11.2. The van der Waals surface area contributed by atoms with Gasteiger partial charge < -0.3 is 14.9 Å². The van der Waals surface area contributed by atoms with Crippen LogP contribution in [0.2, 0.25) is 0 Å². The van der Waals surface area contributed by atoms with Gasteiger partial charge in [0.25, 0.3) is 0 Å². The van der Waals surface area contributed by atoms with Crippen LogP contribution >= 0.6 is 11.8 Å². The van der Waals surface area contributed by atoms with E-state index in [9.17, 15) is 19.8 Å². The summed E-state index contributed by atoms with van der Waals surface area (Å²) in [4.78, 5) is 25.3. The number of fused-ring (bicyclic) bond motifs is 1. The Morgan fingerprint density at radius 1 is 1.58 bits per heavy atom. The van der Waals surface area contributed by atoms with Crippen LogP contribution in [0.3, 0.4) is 0 Å². The lowest BCUT2D eigenvalue weighted by Gasteiger charge is -2.43. The summed E-state index contributed by atoms with van der Waals surface area (Å²) in [6, 6.07) is 0. The van der Waals surface area contributed by atoms with E-state index in [-0.39, 0.29) is 23.1 Å². The number of aliphatic hydroxyl groups is 1. The average Bonchev–Trinajstić information content (AvgIpc) is 2.92. The monoisotopic (exact) mass is 285 g/mol. The maximum atomic E-state index is 12.0. The van der Waals surface area contributed by atoms with Crippen LogP contribution in [0.25, 0.3) is 0 Å². The quantitative estimate of drug-likeness (QED) is 0.729. The summed E-state index contributed by atoms with van der Waals surface area (Å²) in [7, 11) is 0. The molecular formula is C12H15NO5S. The van der Waals surface area contributed by atoms with Crippen LogP contribution in [0, 0.1) is 5.92 Å². The Morgan fingerprint density at radius 3 is 2.84 bits per heavy atom. The number of ether oxygens (including phenoxy) is 1. The molecule has 4 atom stereocenters. The molecule has 2 fully saturated rings. The van der Waals surface area contributed by atoms with Gasteiger partial charge in [0, 0.05) is 11.5 Å². The molecule has 3 aliphatic rings. The summed E-state index contributed by atoms with van der Waals surface area (Å²) >= 11 is 1.35. The normalized spacial score (nSPS) is 35.4. The van der Waals surface area contributed by atoms with Gasteiger partial charge in [-0.05, 0) is 19.8 Å². The summed E-state index contributed by atoms with van der Waals surface area (Å²) in [6.07, 6.45) is 0.706. The first-order valence-electron chi connectivity index (χ1n) is 6.29. The Labute approximate surface area is 114 Å². The van der Waals surface area contributed by atoms with Crippen molar-refractivity contribution in [3.8, 4) is 0 Å². The summed E-state index contributed by atoms with van der Waals surface area (Å²) in [5, 5.41) is 18.6. The van der Waals surface area contributed by atoms with Crippen LogP contribution in [-0.2, 0) is 14.3 Å². The first-order valence-corrected chi connectivity index (χ1v) is 7.17. The SMILES string of the molecule is C[C@H](O)[C@H]1C(=O)N2C(C(=O)O)=C([C@H]3CCCO3)S[C@H]12. The van der Waals surface area contributed by atoms with Gasteiger partial charge in [0.2, 0.25) is 5.91 Å². The highest BCUT2D eigenvalue weighted by atomic mass is 32.2. The molecule has 0 bridgehead atoms. The Kier molecular flexibility index (Phi) is 3.07. The molecule has 7 heteroatoms. The third-order valence-electron chi connectivity index (χ3n) is 3.75. The van der Waals surface area contributed by atoms with E-state index in [1.165, 1.54) is 16.7 Å². The van der Waals surface area contributed by atoms with Crippen molar-refractivity contribution in [2.75, 3.05) is 6.61 Å². The molecule has 3 rings (SSSR count). The number of rotatable bonds is 3. The molecule has 0 aromatic carbocycles. The van der Waals surface area contributed by atoms with E-state index in [0.29, 0.717) is 11.5 Å². The van der Waals surface area contributed by atoms with E-state index in [2.05, 4.69) is 0 Å². The van der Waals surface area contributed by atoms with Gasteiger partial charge in [-0.25, -0.2) is 4.79 Å². The minimum Gasteiger partial charge on any atom is -0.477 e. The molecule has 0 spiro atoms. The lowest BCUT2D eigenvalue weighted by molar-refractivity contribution is -0.156. The van der Waals surface area contributed by atoms with Gasteiger partial charge in [0.05, 0.1) is 18.1 Å². The highest BCUT2D eigenvalue weighted by Gasteiger charge is 2.58. The third-order valence-corrected chi connectivity index (χ3v) is 5.21. The van der Waals surface area contributed by atoms with Crippen molar-refractivity contribution in [1.82, 2.24) is 4.90 Å². The number of carbonyl (C=O) groups excluding carboxylic acids is 1. The molecule has 2 saturated heterocycles. The number of carboxylic acid groups (broad SMARTS) is 1. The van der Waals surface area contributed by atoms with Crippen LogP contribution < -0.4 is 0 Å². The summed E-state index contributed by atoms with van der Waals surface area (Å²) in [5.41, 5.74) is 0.0452. The molecule has 0 aromatic rings. The largest absolute Gasteiger partial charge is 0.477 e. The van der Waals surface area contributed by atoms with Gasteiger partial charge in [-0.15, -0.1) is 0 Å². The Bertz CT molecular complexity index is 469. The average molecular weight is 285 g/mol. The second-order valence-electron chi connectivity index (χ2n) is 5.00. The number of hydrogen-bond donors (Lipinski definition) is 2. The Hall–Kier alpha value is -1.05. The van der Waals surface area contributed by atoms with Crippen molar-refractivity contribution in [2.24, 2.45) is 5.92 Å². The molecular weight excluding hydrogens is 270 g/mol. The first-order chi connectivity index (χ1) is 9.02. The fourth-order valence-corrected chi connectivity index (χ4v) is 4.52. The minimum atomic E-state index is -1.10. The van der Waals surface area contributed by atoms with E-state index >= 15 is 0 Å². The van der Waals surface area contributed by atoms with E-state index < -0.39 is 18.0 Å². The van der Waals surface area contributed by atoms with Crippen LogP contribution in [-0.4, -0.2) is 51.2 Å². The number of nitrogens with zero attached hydrogens (tertiary/aromatic N) is 1. The Morgan fingerprint density at radius 2 is 2.32 bits per heavy atom. The van der Waals surface area contributed by atoms with Gasteiger partial charge in [-0.2, -0.15) is 0 Å². The van der Waals surface area contributed by atoms with Crippen molar-refractivity contribution in [2.45, 2.75) is 37.3 Å². The van der Waals surface area contributed by atoms with E-state index in [4.69, 9.17) is 4.74 Å². The van der Waals surface area contributed by atoms with E-state index in [0.717, 1.165) is 12.8 Å². The van der Waals surface area contributed by atoms with Gasteiger partial charge in [0.15, 0.2) is 0 Å². The smallest absolute Gasteiger partial charge is 0.353 e. The molecule has 19 heavy (non-hydrogen) atoms. The van der Waals surface area contributed by atoms with Gasteiger partial charge in [-0.3, -0.25) is 9.69 Å².